The van der Waals surface area contributed by atoms with Crippen molar-refractivity contribution in [1.82, 2.24) is 4.98 Å². The number of H-pyrrole nitrogens is 1. The van der Waals surface area contributed by atoms with Crippen LogP contribution in [-0.2, 0) is 0 Å². The number of rotatable bonds is 2. The summed E-state index contributed by atoms with van der Waals surface area (Å²) in [6, 6.07) is 10.5. The molecule has 0 saturated heterocycles. The van der Waals surface area contributed by atoms with Crippen LogP contribution in [0, 0.1) is 5.82 Å². The minimum atomic E-state index is -0.446. The molecule has 94 valence electrons. The minimum absolute atomic E-state index is 0.162. The van der Waals surface area contributed by atoms with Crippen molar-refractivity contribution in [3.8, 4) is 0 Å². The van der Waals surface area contributed by atoms with Crippen molar-refractivity contribution in [3.05, 3.63) is 69.1 Å². The van der Waals surface area contributed by atoms with Crippen molar-refractivity contribution >= 4 is 27.3 Å². The number of fused-ring (bicyclic) bond motifs is 1. The lowest BCUT2D eigenvalue weighted by Crippen LogP contribution is -2.01. The summed E-state index contributed by atoms with van der Waals surface area (Å²) in [5, 5.41) is 0. The fourth-order valence-electron chi connectivity index (χ4n) is 1.88. The van der Waals surface area contributed by atoms with Gasteiger partial charge in [0.25, 0.3) is 0 Å². The summed E-state index contributed by atoms with van der Waals surface area (Å²) in [5.41, 5.74) is 1.43. The minimum Gasteiger partial charge on any atom is -0.312 e. The number of ketones is 1. The maximum atomic E-state index is 13.1. The second kappa shape index (κ2) is 4.44. The number of aromatic amines is 1. The van der Waals surface area contributed by atoms with Crippen LogP contribution in [0.25, 0.3) is 10.2 Å². The first kappa shape index (κ1) is 11.8. The van der Waals surface area contributed by atoms with E-state index >= 15 is 0 Å². The molecule has 0 radical (unpaired) electrons. The zero-order valence-corrected chi connectivity index (χ0v) is 10.5. The standard InChI is InChI=1S/C14H8FNO2S/c15-10-3-1-2-8(6-10)13(17)9-4-5-11-12(7-9)19-14(18)16-11/h1-7H,(H,16,18). The van der Waals surface area contributed by atoms with Crippen LogP contribution in [-0.4, -0.2) is 10.8 Å². The van der Waals surface area contributed by atoms with E-state index in [0.717, 1.165) is 11.3 Å². The lowest BCUT2D eigenvalue weighted by Gasteiger charge is -2.01. The first-order chi connectivity index (χ1) is 9.13. The number of hydrogen-bond donors (Lipinski definition) is 1. The Morgan fingerprint density at radius 3 is 2.68 bits per heavy atom. The van der Waals surface area contributed by atoms with E-state index in [1.165, 1.54) is 18.2 Å². The van der Waals surface area contributed by atoms with Crippen LogP contribution in [0.15, 0.2) is 47.3 Å². The zero-order valence-electron chi connectivity index (χ0n) is 9.64. The molecule has 19 heavy (non-hydrogen) atoms. The molecule has 0 fully saturated rings. The molecule has 3 rings (SSSR count). The molecule has 1 aromatic heterocycles. The van der Waals surface area contributed by atoms with Crippen molar-refractivity contribution in [3.63, 3.8) is 0 Å². The number of benzene rings is 2. The maximum absolute atomic E-state index is 13.1. The van der Waals surface area contributed by atoms with Crippen molar-refractivity contribution in [1.29, 1.82) is 0 Å². The molecule has 3 nitrogen and oxygen atoms in total. The fraction of sp³-hybridized carbons (Fsp3) is 0. The number of carbonyl (C=O) groups is 1. The van der Waals surface area contributed by atoms with Crippen LogP contribution in [0.2, 0.25) is 0 Å². The largest absolute Gasteiger partial charge is 0.312 e. The molecule has 0 aliphatic rings. The van der Waals surface area contributed by atoms with Gasteiger partial charge in [-0.2, -0.15) is 0 Å². The predicted molar refractivity (Wildman–Crippen MR) is 72.3 cm³/mol. The lowest BCUT2D eigenvalue weighted by atomic mass is 10.0. The van der Waals surface area contributed by atoms with Gasteiger partial charge in [0.2, 0.25) is 0 Å². The van der Waals surface area contributed by atoms with E-state index in [1.807, 2.05) is 0 Å². The highest BCUT2D eigenvalue weighted by atomic mass is 32.1. The second-order valence-electron chi connectivity index (χ2n) is 4.06. The maximum Gasteiger partial charge on any atom is 0.305 e. The molecule has 0 spiro atoms. The summed E-state index contributed by atoms with van der Waals surface area (Å²) < 4.78 is 13.8. The van der Waals surface area contributed by atoms with Crippen molar-refractivity contribution in [2.45, 2.75) is 0 Å². The van der Waals surface area contributed by atoms with E-state index in [2.05, 4.69) is 4.98 Å². The Labute approximate surface area is 111 Å². The van der Waals surface area contributed by atoms with Crippen LogP contribution in [0.5, 0.6) is 0 Å². The highest BCUT2D eigenvalue weighted by Gasteiger charge is 2.11. The Bertz CT molecular complexity index is 835. The summed E-state index contributed by atoms with van der Waals surface area (Å²) in [5.74, 6) is -0.708. The Morgan fingerprint density at radius 2 is 1.89 bits per heavy atom. The van der Waals surface area contributed by atoms with Gasteiger partial charge in [-0.25, -0.2) is 4.39 Å². The molecule has 0 saturated carbocycles. The fourth-order valence-corrected chi connectivity index (χ4v) is 2.66. The van der Waals surface area contributed by atoms with Gasteiger partial charge in [0.15, 0.2) is 5.78 Å². The molecule has 0 aliphatic carbocycles. The Morgan fingerprint density at radius 1 is 1.11 bits per heavy atom. The van der Waals surface area contributed by atoms with Gasteiger partial charge in [0, 0.05) is 11.1 Å². The van der Waals surface area contributed by atoms with Gasteiger partial charge in [-0.1, -0.05) is 23.5 Å². The molecule has 0 amide bonds. The smallest absolute Gasteiger partial charge is 0.305 e. The Kier molecular flexibility index (Phi) is 2.76. The average molecular weight is 273 g/mol. The third-order valence-corrected chi connectivity index (χ3v) is 3.62. The third-order valence-electron chi connectivity index (χ3n) is 2.77. The van der Waals surface area contributed by atoms with Crippen molar-refractivity contribution in [2.75, 3.05) is 0 Å². The van der Waals surface area contributed by atoms with Gasteiger partial charge in [-0.05, 0) is 30.3 Å². The molecular formula is C14H8FNO2S. The third kappa shape index (κ3) is 2.20. The summed E-state index contributed by atoms with van der Waals surface area (Å²) >= 11 is 1.04. The predicted octanol–water partition coefficient (Wildman–Crippen LogP) is 2.96. The van der Waals surface area contributed by atoms with Gasteiger partial charge in [-0.3, -0.25) is 9.59 Å². The monoisotopic (exact) mass is 273 g/mol. The molecular weight excluding hydrogens is 265 g/mol. The van der Waals surface area contributed by atoms with E-state index < -0.39 is 5.82 Å². The molecule has 0 unspecified atom stereocenters. The van der Waals surface area contributed by atoms with Crippen LogP contribution >= 0.6 is 11.3 Å². The van der Waals surface area contributed by atoms with Crippen LogP contribution in [0.4, 0.5) is 4.39 Å². The highest BCUT2D eigenvalue weighted by Crippen LogP contribution is 2.19. The molecule has 0 atom stereocenters. The topological polar surface area (TPSA) is 49.9 Å². The zero-order chi connectivity index (χ0) is 13.4. The Balaban J connectivity index is 2.08. The van der Waals surface area contributed by atoms with Crippen LogP contribution in [0.3, 0.4) is 0 Å². The summed E-state index contributed by atoms with van der Waals surface area (Å²) in [4.78, 5) is 25.9. The van der Waals surface area contributed by atoms with Crippen molar-refractivity contribution in [2.24, 2.45) is 0 Å². The normalized spacial score (nSPS) is 10.8. The summed E-state index contributed by atoms with van der Waals surface area (Å²) in [6.07, 6.45) is 0. The summed E-state index contributed by atoms with van der Waals surface area (Å²) in [7, 11) is 0. The molecule has 2 aromatic carbocycles. The molecule has 0 aliphatic heterocycles. The summed E-state index contributed by atoms with van der Waals surface area (Å²) in [6.45, 7) is 0. The number of hydrogen-bond acceptors (Lipinski definition) is 3. The van der Waals surface area contributed by atoms with Gasteiger partial charge < -0.3 is 4.98 Å². The first-order valence-corrected chi connectivity index (χ1v) is 6.38. The molecule has 1 heterocycles. The molecule has 5 heteroatoms. The van der Waals surface area contributed by atoms with Crippen molar-refractivity contribution < 1.29 is 9.18 Å². The number of halogens is 1. The van der Waals surface area contributed by atoms with E-state index in [1.54, 1.807) is 24.3 Å². The number of thiazole rings is 1. The van der Waals surface area contributed by atoms with E-state index in [4.69, 9.17) is 0 Å². The molecule has 0 bridgehead atoms. The highest BCUT2D eigenvalue weighted by molar-refractivity contribution is 7.16. The van der Waals surface area contributed by atoms with Gasteiger partial charge in [-0.15, -0.1) is 0 Å². The van der Waals surface area contributed by atoms with Gasteiger partial charge in [0.05, 0.1) is 10.2 Å². The van der Waals surface area contributed by atoms with E-state index in [0.29, 0.717) is 21.3 Å². The molecule has 3 aromatic rings. The van der Waals surface area contributed by atoms with Crippen LogP contribution in [0.1, 0.15) is 15.9 Å². The van der Waals surface area contributed by atoms with Gasteiger partial charge in [0.1, 0.15) is 5.82 Å². The van der Waals surface area contributed by atoms with E-state index in [-0.39, 0.29) is 10.7 Å². The number of nitrogens with one attached hydrogen (secondary N) is 1. The van der Waals surface area contributed by atoms with E-state index in [9.17, 15) is 14.0 Å². The first-order valence-electron chi connectivity index (χ1n) is 5.56. The number of aromatic nitrogens is 1. The Hall–Kier alpha value is -2.27. The average Bonchev–Trinajstić information content (AvgIpc) is 2.76. The number of carbonyl (C=O) groups excluding carboxylic acids is 1. The molecule has 1 N–H and O–H groups in total. The lowest BCUT2D eigenvalue weighted by molar-refractivity contribution is 0.103. The van der Waals surface area contributed by atoms with Crippen LogP contribution < -0.4 is 4.87 Å². The second-order valence-corrected chi connectivity index (χ2v) is 5.08. The van der Waals surface area contributed by atoms with Gasteiger partial charge >= 0.3 is 4.87 Å². The quantitative estimate of drug-likeness (QED) is 0.730. The SMILES string of the molecule is O=C(c1cccc(F)c1)c1ccc2[nH]c(=O)sc2c1.